The fourth-order valence-corrected chi connectivity index (χ4v) is 3.47. The van der Waals surface area contributed by atoms with E-state index in [9.17, 15) is 14.0 Å². The number of nitrogens with one attached hydrogen (secondary N) is 1. The lowest BCUT2D eigenvalue weighted by Crippen LogP contribution is -2.54. The van der Waals surface area contributed by atoms with Crippen molar-refractivity contribution < 1.29 is 14.0 Å². The van der Waals surface area contributed by atoms with Crippen LogP contribution in [0.5, 0.6) is 0 Å². The molecule has 0 bridgehead atoms. The standard InChI is InChI=1S/C23H14ClFN2O2S/c24-17-7-11-19(12-8-17)27-22(29)20(21(28)26-23(27)30)13-14-1-3-15(4-2-14)16-5-9-18(25)10-6-16/h1-13H,(H,26,28,30)/b20-13+. The Balaban J connectivity index is 1.63. The fraction of sp³-hybridized carbons (Fsp3) is 0. The number of hydrogen-bond acceptors (Lipinski definition) is 3. The highest BCUT2D eigenvalue weighted by atomic mass is 35.5. The second kappa shape index (κ2) is 8.18. The number of carbonyl (C=O) groups excluding carboxylic acids is 2. The van der Waals surface area contributed by atoms with E-state index in [4.69, 9.17) is 23.8 Å². The quantitative estimate of drug-likeness (QED) is 0.358. The van der Waals surface area contributed by atoms with Gasteiger partial charge >= 0.3 is 0 Å². The summed E-state index contributed by atoms with van der Waals surface area (Å²) in [5.41, 5.74) is 2.89. The number of thiocarbonyl (C=S) groups is 1. The third-order valence-corrected chi connectivity index (χ3v) is 5.12. The van der Waals surface area contributed by atoms with Crippen LogP contribution in [0.3, 0.4) is 0 Å². The topological polar surface area (TPSA) is 49.4 Å². The molecule has 0 radical (unpaired) electrons. The first kappa shape index (κ1) is 19.9. The van der Waals surface area contributed by atoms with E-state index in [0.29, 0.717) is 16.3 Å². The molecule has 0 aromatic heterocycles. The molecular weight excluding hydrogens is 423 g/mol. The Kier molecular flexibility index (Phi) is 5.44. The normalized spacial score (nSPS) is 15.5. The maximum absolute atomic E-state index is 13.1. The molecule has 1 aliphatic rings. The van der Waals surface area contributed by atoms with E-state index in [2.05, 4.69) is 5.32 Å². The van der Waals surface area contributed by atoms with Gasteiger partial charge in [0.1, 0.15) is 11.4 Å². The lowest BCUT2D eigenvalue weighted by Gasteiger charge is -2.28. The second-order valence-corrected chi connectivity index (χ2v) is 7.39. The van der Waals surface area contributed by atoms with Gasteiger partial charge in [-0.1, -0.05) is 48.0 Å². The van der Waals surface area contributed by atoms with Crippen LogP contribution in [0.1, 0.15) is 5.56 Å². The van der Waals surface area contributed by atoms with E-state index in [0.717, 1.165) is 11.1 Å². The van der Waals surface area contributed by atoms with Gasteiger partial charge in [0.25, 0.3) is 11.8 Å². The van der Waals surface area contributed by atoms with Crippen LogP contribution in [0.2, 0.25) is 5.02 Å². The zero-order chi connectivity index (χ0) is 21.3. The van der Waals surface area contributed by atoms with Crippen molar-refractivity contribution in [2.45, 2.75) is 0 Å². The van der Waals surface area contributed by atoms with Crippen LogP contribution >= 0.6 is 23.8 Å². The van der Waals surface area contributed by atoms with Gasteiger partial charge in [0.2, 0.25) is 0 Å². The Hall–Kier alpha value is -3.35. The average molecular weight is 437 g/mol. The third-order valence-electron chi connectivity index (χ3n) is 4.59. The maximum Gasteiger partial charge on any atom is 0.270 e. The number of nitrogens with zero attached hydrogens (tertiary/aromatic N) is 1. The van der Waals surface area contributed by atoms with E-state index in [-0.39, 0.29) is 16.5 Å². The zero-order valence-corrected chi connectivity index (χ0v) is 17.0. The molecule has 148 valence electrons. The summed E-state index contributed by atoms with van der Waals surface area (Å²) in [6.45, 7) is 0. The number of rotatable bonds is 3. The van der Waals surface area contributed by atoms with Crippen LogP contribution in [0.25, 0.3) is 17.2 Å². The molecule has 4 rings (SSSR count). The van der Waals surface area contributed by atoms with E-state index in [1.54, 1.807) is 48.5 Å². The number of halogens is 2. The summed E-state index contributed by atoms with van der Waals surface area (Å²) in [4.78, 5) is 26.7. The number of anilines is 1. The van der Waals surface area contributed by atoms with Crippen LogP contribution in [0, 0.1) is 5.82 Å². The molecule has 7 heteroatoms. The van der Waals surface area contributed by atoms with Crippen LogP contribution in [-0.4, -0.2) is 16.9 Å². The minimum atomic E-state index is -0.558. The van der Waals surface area contributed by atoms with Crippen molar-refractivity contribution in [1.82, 2.24) is 5.32 Å². The van der Waals surface area contributed by atoms with Crippen molar-refractivity contribution in [3.63, 3.8) is 0 Å². The van der Waals surface area contributed by atoms with Gasteiger partial charge in [0.15, 0.2) is 5.11 Å². The molecule has 30 heavy (non-hydrogen) atoms. The van der Waals surface area contributed by atoms with E-state index in [1.165, 1.54) is 23.1 Å². The summed E-state index contributed by atoms with van der Waals surface area (Å²) in [7, 11) is 0. The fourth-order valence-electron chi connectivity index (χ4n) is 3.06. The first-order valence-electron chi connectivity index (χ1n) is 8.95. The number of amides is 2. The van der Waals surface area contributed by atoms with E-state index < -0.39 is 11.8 Å². The van der Waals surface area contributed by atoms with Crippen molar-refractivity contribution in [3.8, 4) is 11.1 Å². The number of benzene rings is 3. The highest BCUT2D eigenvalue weighted by Gasteiger charge is 2.34. The Bertz CT molecular complexity index is 1170. The van der Waals surface area contributed by atoms with Gasteiger partial charge < -0.3 is 0 Å². The highest BCUT2D eigenvalue weighted by Crippen LogP contribution is 2.25. The molecule has 1 heterocycles. The third kappa shape index (κ3) is 4.01. The summed E-state index contributed by atoms with van der Waals surface area (Å²) in [6, 6.07) is 20.0. The first-order chi connectivity index (χ1) is 14.4. The summed E-state index contributed by atoms with van der Waals surface area (Å²) < 4.78 is 13.1. The molecule has 1 aliphatic heterocycles. The van der Waals surface area contributed by atoms with E-state index in [1.807, 2.05) is 12.1 Å². The Labute approximate surface area is 182 Å². The largest absolute Gasteiger partial charge is 0.298 e. The Morgan fingerprint density at radius 3 is 2.03 bits per heavy atom. The smallest absolute Gasteiger partial charge is 0.270 e. The van der Waals surface area contributed by atoms with Crippen molar-refractivity contribution in [2.24, 2.45) is 0 Å². The van der Waals surface area contributed by atoms with Crippen LogP contribution in [0.15, 0.2) is 78.4 Å². The Morgan fingerprint density at radius 2 is 1.43 bits per heavy atom. The highest BCUT2D eigenvalue weighted by molar-refractivity contribution is 7.80. The van der Waals surface area contributed by atoms with Crippen LogP contribution < -0.4 is 10.2 Å². The van der Waals surface area contributed by atoms with Gasteiger partial charge in [0.05, 0.1) is 5.69 Å². The van der Waals surface area contributed by atoms with Gasteiger partial charge in [-0.05, 0) is 71.4 Å². The van der Waals surface area contributed by atoms with E-state index >= 15 is 0 Å². The molecule has 2 amide bonds. The van der Waals surface area contributed by atoms with Gasteiger partial charge in [-0.25, -0.2) is 4.39 Å². The number of hydrogen-bond donors (Lipinski definition) is 1. The molecule has 4 nitrogen and oxygen atoms in total. The molecule has 0 spiro atoms. The molecule has 1 saturated heterocycles. The lowest BCUT2D eigenvalue weighted by atomic mass is 10.0. The minimum Gasteiger partial charge on any atom is -0.298 e. The van der Waals surface area contributed by atoms with Crippen molar-refractivity contribution in [2.75, 3.05) is 4.90 Å². The molecule has 3 aromatic carbocycles. The monoisotopic (exact) mass is 436 g/mol. The molecule has 0 atom stereocenters. The lowest BCUT2D eigenvalue weighted by molar-refractivity contribution is -0.122. The zero-order valence-electron chi connectivity index (χ0n) is 15.4. The summed E-state index contributed by atoms with van der Waals surface area (Å²) in [6.07, 6.45) is 1.51. The van der Waals surface area contributed by atoms with Gasteiger partial charge in [-0.15, -0.1) is 0 Å². The van der Waals surface area contributed by atoms with Gasteiger partial charge in [-0.3, -0.25) is 19.8 Å². The van der Waals surface area contributed by atoms with Crippen molar-refractivity contribution in [1.29, 1.82) is 0 Å². The van der Waals surface area contributed by atoms with Crippen LogP contribution in [-0.2, 0) is 9.59 Å². The average Bonchev–Trinajstić information content (AvgIpc) is 2.73. The second-order valence-electron chi connectivity index (χ2n) is 6.56. The molecule has 1 fully saturated rings. The molecule has 1 N–H and O–H groups in total. The van der Waals surface area contributed by atoms with Gasteiger partial charge in [0, 0.05) is 5.02 Å². The summed E-state index contributed by atoms with van der Waals surface area (Å²) in [5.74, 6) is -1.38. The van der Waals surface area contributed by atoms with Gasteiger partial charge in [-0.2, -0.15) is 0 Å². The first-order valence-corrected chi connectivity index (χ1v) is 9.74. The Morgan fingerprint density at radius 1 is 0.867 bits per heavy atom. The minimum absolute atomic E-state index is 0.0103. The van der Waals surface area contributed by atoms with Crippen molar-refractivity contribution in [3.05, 3.63) is 94.8 Å². The summed E-state index contributed by atoms with van der Waals surface area (Å²) >= 11 is 11.1. The molecule has 0 unspecified atom stereocenters. The predicted molar refractivity (Wildman–Crippen MR) is 119 cm³/mol. The molecule has 3 aromatic rings. The van der Waals surface area contributed by atoms with Crippen LogP contribution in [0.4, 0.5) is 10.1 Å². The molecule has 0 saturated carbocycles. The number of carbonyl (C=O) groups is 2. The molecule has 0 aliphatic carbocycles. The summed E-state index contributed by atoms with van der Waals surface area (Å²) in [5, 5.41) is 3.08. The molecular formula is C23H14ClFN2O2S. The van der Waals surface area contributed by atoms with Crippen molar-refractivity contribution >= 4 is 52.5 Å². The SMILES string of the molecule is O=C1NC(=S)N(c2ccc(Cl)cc2)C(=O)/C1=C/c1ccc(-c2ccc(F)cc2)cc1. The predicted octanol–water partition coefficient (Wildman–Crippen LogP) is 4.98. The maximum atomic E-state index is 13.1.